The number of rotatable bonds is 8. The summed E-state index contributed by atoms with van der Waals surface area (Å²) in [7, 11) is 0. The molecular formula is C15H23NO3. The van der Waals surface area contributed by atoms with Gasteiger partial charge in [0.2, 0.25) is 0 Å². The molecule has 0 amide bonds. The molecule has 4 heteroatoms. The largest absolute Gasteiger partial charge is 0.544 e. The van der Waals surface area contributed by atoms with Crippen molar-refractivity contribution in [1.82, 2.24) is 0 Å². The Balaban J connectivity index is 2.71. The first-order valence-electron chi connectivity index (χ1n) is 6.76. The van der Waals surface area contributed by atoms with Gasteiger partial charge in [-0.15, -0.1) is 0 Å². The molecule has 1 N–H and O–H groups in total. The Morgan fingerprint density at radius 3 is 2.74 bits per heavy atom. The standard InChI is InChI=1S/C15H23NO3/c1-4-19-14-7-5-6-13(8-14)10-16(9-12(2)3)11-15(17)18/h5-8,12H,4,9-11H2,1-3H3,(H,17,18). The summed E-state index contributed by atoms with van der Waals surface area (Å²) >= 11 is 0. The SMILES string of the molecule is CCOc1cccc(C[NH+](CC(=O)[O-])CC(C)C)c1. The van der Waals surface area contributed by atoms with Gasteiger partial charge in [-0.25, -0.2) is 0 Å². The summed E-state index contributed by atoms with van der Waals surface area (Å²) in [5, 5.41) is 10.8. The summed E-state index contributed by atoms with van der Waals surface area (Å²) in [5.41, 5.74) is 1.09. The van der Waals surface area contributed by atoms with Crippen molar-refractivity contribution in [1.29, 1.82) is 0 Å². The molecule has 0 aliphatic heterocycles. The topological polar surface area (TPSA) is 53.8 Å². The number of carboxylic acids is 1. The van der Waals surface area contributed by atoms with Crippen LogP contribution in [0, 0.1) is 5.92 Å². The van der Waals surface area contributed by atoms with E-state index in [-0.39, 0.29) is 6.54 Å². The van der Waals surface area contributed by atoms with Gasteiger partial charge in [0, 0.05) is 11.5 Å². The smallest absolute Gasteiger partial charge is 0.119 e. The van der Waals surface area contributed by atoms with Crippen LogP contribution in [0.2, 0.25) is 0 Å². The summed E-state index contributed by atoms with van der Waals surface area (Å²) in [5.74, 6) is 0.276. The van der Waals surface area contributed by atoms with Gasteiger partial charge in [0.15, 0.2) is 0 Å². The molecule has 0 saturated carbocycles. The van der Waals surface area contributed by atoms with Crippen LogP contribution < -0.4 is 14.7 Å². The molecule has 106 valence electrons. The fraction of sp³-hybridized carbons (Fsp3) is 0.533. The van der Waals surface area contributed by atoms with Crippen LogP contribution in [0.3, 0.4) is 0 Å². The molecule has 0 saturated heterocycles. The van der Waals surface area contributed by atoms with E-state index >= 15 is 0 Å². The Morgan fingerprint density at radius 2 is 2.16 bits per heavy atom. The average molecular weight is 265 g/mol. The maximum atomic E-state index is 10.8. The maximum absolute atomic E-state index is 10.8. The molecule has 0 bridgehead atoms. The Kier molecular flexibility index (Phi) is 6.36. The third kappa shape index (κ3) is 6.25. The summed E-state index contributed by atoms with van der Waals surface area (Å²) < 4.78 is 5.45. The zero-order chi connectivity index (χ0) is 14.3. The molecule has 0 aromatic heterocycles. The fourth-order valence-corrected chi connectivity index (χ4v) is 2.19. The van der Waals surface area contributed by atoms with Crippen LogP contribution in [-0.2, 0) is 11.3 Å². The summed E-state index contributed by atoms with van der Waals surface area (Å²) in [6.07, 6.45) is 0. The van der Waals surface area contributed by atoms with Gasteiger partial charge in [-0.05, 0) is 19.1 Å². The summed E-state index contributed by atoms with van der Waals surface area (Å²) in [4.78, 5) is 11.8. The highest BCUT2D eigenvalue weighted by Gasteiger charge is 2.12. The molecule has 1 aromatic carbocycles. The van der Waals surface area contributed by atoms with Crippen molar-refractivity contribution in [2.24, 2.45) is 5.92 Å². The van der Waals surface area contributed by atoms with Gasteiger partial charge in [-0.2, -0.15) is 0 Å². The predicted molar refractivity (Wildman–Crippen MR) is 71.9 cm³/mol. The van der Waals surface area contributed by atoms with E-state index in [2.05, 4.69) is 13.8 Å². The Hall–Kier alpha value is -1.55. The zero-order valence-corrected chi connectivity index (χ0v) is 11.9. The van der Waals surface area contributed by atoms with Gasteiger partial charge in [0.1, 0.15) is 18.8 Å². The predicted octanol–water partition coefficient (Wildman–Crippen LogP) is -0.124. The Morgan fingerprint density at radius 1 is 1.42 bits per heavy atom. The fourth-order valence-electron chi connectivity index (χ4n) is 2.19. The normalized spacial score (nSPS) is 12.4. The highest BCUT2D eigenvalue weighted by molar-refractivity contribution is 5.65. The van der Waals surface area contributed by atoms with Crippen LogP contribution in [0.15, 0.2) is 24.3 Å². The van der Waals surface area contributed by atoms with Gasteiger partial charge in [-0.3, -0.25) is 0 Å². The van der Waals surface area contributed by atoms with Gasteiger partial charge in [0.25, 0.3) is 0 Å². The van der Waals surface area contributed by atoms with Crippen LogP contribution in [0.4, 0.5) is 0 Å². The van der Waals surface area contributed by atoms with Crippen LogP contribution in [0.5, 0.6) is 5.75 Å². The highest BCUT2D eigenvalue weighted by Crippen LogP contribution is 2.12. The number of ether oxygens (including phenoxy) is 1. The first-order valence-corrected chi connectivity index (χ1v) is 6.76. The molecular weight excluding hydrogens is 242 g/mol. The molecule has 0 fully saturated rings. The molecule has 0 aliphatic rings. The minimum Gasteiger partial charge on any atom is -0.544 e. The number of hydrogen-bond acceptors (Lipinski definition) is 3. The molecule has 19 heavy (non-hydrogen) atoms. The zero-order valence-electron chi connectivity index (χ0n) is 11.9. The third-order valence-corrected chi connectivity index (χ3v) is 2.75. The van der Waals surface area contributed by atoms with Crippen molar-refractivity contribution in [3.63, 3.8) is 0 Å². The molecule has 0 aliphatic carbocycles. The van der Waals surface area contributed by atoms with Crippen molar-refractivity contribution in [3.05, 3.63) is 29.8 Å². The first kappa shape index (κ1) is 15.5. The highest BCUT2D eigenvalue weighted by atomic mass is 16.5. The molecule has 1 rings (SSSR count). The average Bonchev–Trinajstić information content (AvgIpc) is 2.27. The summed E-state index contributed by atoms with van der Waals surface area (Å²) in [6, 6.07) is 7.82. The molecule has 0 heterocycles. The third-order valence-electron chi connectivity index (χ3n) is 2.75. The van der Waals surface area contributed by atoms with Crippen LogP contribution >= 0.6 is 0 Å². The molecule has 1 aromatic rings. The van der Waals surface area contributed by atoms with E-state index in [1.165, 1.54) is 0 Å². The monoisotopic (exact) mass is 265 g/mol. The van der Waals surface area contributed by atoms with Crippen LogP contribution in [0.1, 0.15) is 26.3 Å². The number of benzene rings is 1. The summed E-state index contributed by atoms with van der Waals surface area (Å²) in [6.45, 7) is 8.28. The number of carbonyl (C=O) groups is 1. The number of hydrogen-bond donors (Lipinski definition) is 1. The number of quaternary nitrogens is 1. The molecule has 4 nitrogen and oxygen atoms in total. The van der Waals surface area contributed by atoms with E-state index in [4.69, 9.17) is 4.74 Å². The van der Waals surface area contributed by atoms with Crippen molar-refractivity contribution in [2.45, 2.75) is 27.3 Å². The van der Waals surface area contributed by atoms with Crippen LogP contribution in [0.25, 0.3) is 0 Å². The van der Waals surface area contributed by atoms with E-state index in [9.17, 15) is 9.90 Å². The minimum atomic E-state index is -1.00. The number of nitrogens with one attached hydrogen (secondary N) is 1. The van der Waals surface area contributed by atoms with Crippen molar-refractivity contribution in [2.75, 3.05) is 19.7 Å². The number of carbonyl (C=O) groups excluding carboxylic acids is 1. The van der Waals surface area contributed by atoms with E-state index in [0.717, 1.165) is 22.8 Å². The van der Waals surface area contributed by atoms with E-state index in [1.807, 2.05) is 31.2 Å². The lowest BCUT2D eigenvalue weighted by molar-refractivity contribution is -0.911. The Bertz CT molecular complexity index is 404. The van der Waals surface area contributed by atoms with Gasteiger partial charge in [-0.1, -0.05) is 26.0 Å². The number of aliphatic carboxylic acids is 1. The lowest BCUT2D eigenvalue weighted by atomic mass is 10.1. The quantitative estimate of drug-likeness (QED) is 0.713. The lowest BCUT2D eigenvalue weighted by Gasteiger charge is -2.22. The van der Waals surface area contributed by atoms with E-state index in [0.29, 0.717) is 19.1 Å². The number of carboxylic acid groups (broad SMARTS) is 1. The minimum absolute atomic E-state index is 0.0387. The molecule has 1 unspecified atom stereocenters. The second-order valence-corrected chi connectivity index (χ2v) is 5.15. The van der Waals surface area contributed by atoms with Gasteiger partial charge >= 0.3 is 0 Å². The molecule has 0 spiro atoms. The van der Waals surface area contributed by atoms with Crippen LogP contribution in [-0.4, -0.2) is 25.7 Å². The van der Waals surface area contributed by atoms with Crippen molar-refractivity contribution in [3.8, 4) is 5.75 Å². The first-order chi connectivity index (χ1) is 9.01. The second kappa shape index (κ2) is 7.79. The lowest BCUT2D eigenvalue weighted by Crippen LogP contribution is -3.12. The van der Waals surface area contributed by atoms with Crippen molar-refractivity contribution < 1.29 is 19.5 Å². The van der Waals surface area contributed by atoms with E-state index < -0.39 is 5.97 Å². The molecule has 0 radical (unpaired) electrons. The van der Waals surface area contributed by atoms with Gasteiger partial charge < -0.3 is 19.5 Å². The van der Waals surface area contributed by atoms with Crippen molar-refractivity contribution >= 4 is 5.97 Å². The Labute approximate surface area is 115 Å². The van der Waals surface area contributed by atoms with Gasteiger partial charge in [0.05, 0.1) is 19.1 Å². The maximum Gasteiger partial charge on any atom is 0.119 e. The van der Waals surface area contributed by atoms with E-state index in [1.54, 1.807) is 0 Å². The molecule has 1 atom stereocenters. The second-order valence-electron chi connectivity index (χ2n) is 5.15.